The minimum absolute atomic E-state index is 0.249. The number of imidazole rings is 1. The molecule has 0 radical (unpaired) electrons. The van der Waals surface area contributed by atoms with Crippen molar-refractivity contribution < 1.29 is 4.79 Å². The Labute approximate surface area is 105 Å². The number of anilines is 2. The molecule has 0 aliphatic carbocycles. The van der Waals surface area contributed by atoms with E-state index in [2.05, 4.69) is 10.3 Å². The molecular weight excluding hydrogens is 228 g/mol. The van der Waals surface area contributed by atoms with Gasteiger partial charge in [0.25, 0.3) is 5.91 Å². The van der Waals surface area contributed by atoms with E-state index >= 15 is 0 Å². The number of aromatic nitrogens is 2. The fraction of sp³-hybridized carbons (Fsp3) is 0.231. The molecule has 0 fully saturated rings. The van der Waals surface area contributed by atoms with Crippen molar-refractivity contribution in [2.75, 3.05) is 11.1 Å². The molecule has 1 aromatic carbocycles. The third-order valence-electron chi connectivity index (χ3n) is 3.11. The average Bonchev–Trinajstić information content (AvgIpc) is 2.94. The SMILES string of the molecule is Nc1c(C(=O)Nc2ccccc2)nc2n1CCC2. The predicted octanol–water partition coefficient (Wildman–Crippen LogP) is 1.66. The molecule has 1 aromatic heterocycles. The molecule has 0 saturated carbocycles. The van der Waals surface area contributed by atoms with Gasteiger partial charge in [-0.15, -0.1) is 0 Å². The number of hydrogen-bond acceptors (Lipinski definition) is 3. The van der Waals surface area contributed by atoms with E-state index in [1.807, 2.05) is 34.9 Å². The van der Waals surface area contributed by atoms with Crippen LogP contribution in [0.2, 0.25) is 0 Å². The lowest BCUT2D eigenvalue weighted by atomic mass is 10.3. The number of fused-ring (bicyclic) bond motifs is 1. The van der Waals surface area contributed by atoms with E-state index < -0.39 is 0 Å². The van der Waals surface area contributed by atoms with Crippen molar-refractivity contribution in [3.63, 3.8) is 0 Å². The number of rotatable bonds is 2. The van der Waals surface area contributed by atoms with E-state index in [1.54, 1.807) is 0 Å². The Bertz CT molecular complexity index is 589. The van der Waals surface area contributed by atoms with Crippen LogP contribution in [0.4, 0.5) is 11.5 Å². The van der Waals surface area contributed by atoms with Crippen LogP contribution in [0.3, 0.4) is 0 Å². The first-order valence-corrected chi connectivity index (χ1v) is 5.97. The maximum absolute atomic E-state index is 12.1. The molecule has 3 rings (SSSR count). The summed E-state index contributed by atoms with van der Waals surface area (Å²) in [5.41, 5.74) is 7.02. The Balaban J connectivity index is 1.85. The van der Waals surface area contributed by atoms with Gasteiger partial charge in [-0.25, -0.2) is 4.98 Å². The summed E-state index contributed by atoms with van der Waals surface area (Å²) >= 11 is 0. The highest BCUT2D eigenvalue weighted by Gasteiger charge is 2.23. The van der Waals surface area contributed by atoms with Crippen molar-refractivity contribution >= 4 is 17.4 Å². The monoisotopic (exact) mass is 242 g/mol. The first-order chi connectivity index (χ1) is 8.75. The van der Waals surface area contributed by atoms with Gasteiger partial charge in [0.05, 0.1) is 0 Å². The number of benzene rings is 1. The molecular formula is C13H14N4O. The number of nitrogen functional groups attached to an aromatic ring is 1. The molecule has 1 amide bonds. The second-order valence-electron chi connectivity index (χ2n) is 4.34. The van der Waals surface area contributed by atoms with Crippen LogP contribution in [0, 0.1) is 0 Å². The Morgan fingerprint density at radius 2 is 2.11 bits per heavy atom. The summed E-state index contributed by atoms with van der Waals surface area (Å²) in [4.78, 5) is 16.4. The molecule has 0 bridgehead atoms. The van der Waals surface area contributed by atoms with Crippen LogP contribution in [0.1, 0.15) is 22.7 Å². The van der Waals surface area contributed by atoms with Crippen LogP contribution in [0.15, 0.2) is 30.3 Å². The zero-order chi connectivity index (χ0) is 12.5. The molecule has 18 heavy (non-hydrogen) atoms. The molecule has 0 spiro atoms. The number of amides is 1. The van der Waals surface area contributed by atoms with Gasteiger partial charge in [-0.1, -0.05) is 18.2 Å². The molecule has 1 aliphatic heterocycles. The van der Waals surface area contributed by atoms with Crippen LogP contribution in [-0.2, 0) is 13.0 Å². The summed E-state index contributed by atoms with van der Waals surface area (Å²) in [5, 5.41) is 2.79. The van der Waals surface area contributed by atoms with E-state index in [9.17, 15) is 4.79 Å². The highest BCUT2D eigenvalue weighted by Crippen LogP contribution is 2.22. The van der Waals surface area contributed by atoms with Gasteiger partial charge in [-0.05, 0) is 18.6 Å². The third kappa shape index (κ3) is 1.73. The van der Waals surface area contributed by atoms with Gasteiger partial charge >= 0.3 is 0 Å². The number of hydrogen-bond donors (Lipinski definition) is 2. The summed E-state index contributed by atoms with van der Waals surface area (Å²) in [7, 11) is 0. The zero-order valence-electron chi connectivity index (χ0n) is 9.89. The van der Waals surface area contributed by atoms with E-state index in [-0.39, 0.29) is 5.91 Å². The lowest BCUT2D eigenvalue weighted by Gasteiger charge is -2.04. The highest BCUT2D eigenvalue weighted by atomic mass is 16.1. The van der Waals surface area contributed by atoms with Crippen molar-refractivity contribution in [3.05, 3.63) is 41.9 Å². The van der Waals surface area contributed by atoms with Gasteiger partial charge in [0, 0.05) is 18.7 Å². The molecule has 0 atom stereocenters. The summed E-state index contributed by atoms with van der Waals surface area (Å²) in [6, 6.07) is 9.29. The maximum atomic E-state index is 12.1. The Hall–Kier alpha value is -2.30. The van der Waals surface area contributed by atoms with Gasteiger partial charge in [0.15, 0.2) is 5.69 Å². The molecule has 0 unspecified atom stereocenters. The van der Waals surface area contributed by atoms with Crippen LogP contribution in [0.5, 0.6) is 0 Å². The fourth-order valence-corrected chi connectivity index (χ4v) is 2.23. The zero-order valence-corrected chi connectivity index (χ0v) is 9.89. The Morgan fingerprint density at radius 3 is 2.83 bits per heavy atom. The van der Waals surface area contributed by atoms with Crippen LogP contribution < -0.4 is 11.1 Å². The van der Waals surface area contributed by atoms with Gasteiger partial charge in [0.2, 0.25) is 0 Å². The van der Waals surface area contributed by atoms with Crippen LogP contribution >= 0.6 is 0 Å². The minimum atomic E-state index is -0.249. The van der Waals surface area contributed by atoms with Gasteiger partial charge in [-0.2, -0.15) is 0 Å². The maximum Gasteiger partial charge on any atom is 0.278 e. The number of para-hydroxylation sites is 1. The average molecular weight is 242 g/mol. The molecule has 2 aromatic rings. The van der Waals surface area contributed by atoms with Crippen molar-refractivity contribution in [2.45, 2.75) is 19.4 Å². The smallest absolute Gasteiger partial charge is 0.278 e. The Kier molecular flexibility index (Phi) is 2.51. The lowest BCUT2D eigenvalue weighted by Crippen LogP contribution is -2.15. The summed E-state index contributed by atoms with van der Waals surface area (Å²) < 4.78 is 1.92. The van der Waals surface area contributed by atoms with Gasteiger partial charge in [0.1, 0.15) is 11.6 Å². The number of carbonyl (C=O) groups excluding carboxylic acids is 1. The molecule has 3 N–H and O–H groups in total. The predicted molar refractivity (Wildman–Crippen MR) is 69.4 cm³/mol. The second kappa shape index (κ2) is 4.18. The topological polar surface area (TPSA) is 72.9 Å². The van der Waals surface area contributed by atoms with Crippen molar-refractivity contribution in [1.82, 2.24) is 9.55 Å². The normalized spacial score (nSPS) is 13.3. The minimum Gasteiger partial charge on any atom is -0.383 e. The summed E-state index contributed by atoms with van der Waals surface area (Å²) in [6.45, 7) is 0.854. The summed E-state index contributed by atoms with van der Waals surface area (Å²) in [6.07, 6.45) is 1.94. The largest absolute Gasteiger partial charge is 0.383 e. The standard InChI is InChI=1S/C13H14N4O/c14-12-11(16-10-7-4-8-17(10)12)13(18)15-9-5-2-1-3-6-9/h1-3,5-6H,4,7-8,14H2,(H,15,18). The number of nitrogens with two attached hydrogens (primary N) is 1. The third-order valence-corrected chi connectivity index (χ3v) is 3.11. The number of nitrogens with zero attached hydrogens (tertiary/aromatic N) is 2. The lowest BCUT2D eigenvalue weighted by molar-refractivity contribution is 0.102. The van der Waals surface area contributed by atoms with E-state index in [0.717, 1.165) is 30.9 Å². The second-order valence-corrected chi connectivity index (χ2v) is 4.34. The van der Waals surface area contributed by atoms with Crippen molar-refractivity contribution in [1.29, 1.82) is 0 Å². The van der Waals surface area contributed by atoms with Crippen molar-refractivity contribution in [2.24, 2.45) is 0 Å². The summed E-state index contributed by atoms with van der Waals surface area (Å²) in [5.74, 6) is 1.13. The quantitative estimate of drug-likeness (QED) is 0.841. The number of nitrogens with one attached hydrogen (secondary N) is 1. The first kappa shape index (κ1) is 10.8. The van der Waals surface area contributed by atoms with Crippen LogP contribution in [-0.4, -0.2) is 15.5 Å². The van der Waals surface area contributed by atoms with Gasteiger partial charge in [-0.3, -0.25) is 4.79 Å². The van der Waals surface area contributed by atoms with Crippen molar-refractivity contribution in [3.8, 4) is 0 Å². The molecule has 0 saturated heterocycles. The first-order valence-electron chi connectivity index (χ1n) is 5.97. The number of carbonyl (C=O) groups is 1. The van der Waals surface area contributed by atoms with E-state index in [1.165, 1.54) is 0 Å². The molecule has 5 heteroatoms. The number of aryl methyl sites for hydroxylation is 1. The van der Waals surface area contributed by atoms with Crippen LogP contribution in [0.25, 0.3) is 0 Å². The highest BCUT2D eigenvalue weighted by molar-refractivity contribution is 6.06. The fourth-order valence-electron chi connectivity index (χ4n) is 2.23. The molecule has 1 aliphatic rings. The molecule has 92 valence electrons. The molecule has 5 nitrogen and oxygen atoms in total. The van der Waals surface area contributed by atoms with E-state index in [4.69, 9.17) is 5.73 Å². The molecule has 2 heterocycles. The van der Waals surface area contributed by atoms with E-state index in [0.29, 0.717) is 11.5 Å². The van der Waals surface area contributed by atoms with Gasteiger partial charge < -0.3 is 15.6 Å². The Morgan fingerprint density at radius 1 is 1.33 bits per heavy atom.